The van der Waals surface area contributed by atoms with E-state index in [0.717, 1.165) is 12.1 Å². The fourth-order valence-corrected chi connectivity index (χ4v) is 6.74. The van der Waals surface area contributed by atoms with Crippen LogP contribution in [0.3, 0.4) is 0 Å². The minimum atomic E-state index is 0.282. The van der Waals surface area contributed by atoms with Crippen molar-refractivity contribution in [2.75, 3.05) is 0 Å². The largest absolute Gasteiger partial charge is 0.309 e. The smallest absolute Gasteiger partial charge is 0.0664 e. The molecule has 0 radical (unpaired) electrons. The fraction of sp³-hybridized carbons (Fsp3) is 0.0750. The van der Waals surface area contributed by atoms with Crippen molar-refractivity contribution in [3.05, 3.63) is 162 Å². The average Bonchev–Trinajstić information content (AvgIpc) is 3.38. The first-order chi connectivity index (χ1) is 20.8. The van der Waals surface area contributed by atoms with Crippen LogP contribution >= 0.6 is 0 Å². The number of hydrogen-bond donors (Lipinski definition) is 0. The lowest BCUT2D eigenvalue weighted by molar-refractivity contribution is 0.907. The van der Waals surface area contributed by atoms with E-state index < -0.39 is 0 Å². The van der Waals surface area contributed by atoms with E-state index in [1.807, 2.05) is 12.3 Å². The second kappa shape index (κ2) is 10.0. The van der Waals surface area contributed by atoms with E-state index in [2.05, 4.69) is 150 Å². The van der Waals surface area contributed by atoms with Gasteiger partial charge in [-0.25, -0.2) is 0 Å². The Morgan fingerprint density at radius 2 is 1.50 bits per heavy atom. The predicted molar refractivity (Wildman–Crippen MR) is 178 cm³/mol. The molecule has 2 aliphatic rings. The van der Waals surface area contributed by atoms with Crippen LogP contribution in [0.15, 0.2) is 139 Å². The van der Waals surface area contributed by atoms with Crippen molar-refractivity contribution in [3.8, 4) is 16.8 Å². The van der Waals surface area contributed by atoms with Crippen LogP contribution in [0.2, 0.25) is 0 Å². The summed E-state index contributed by atoms with van der Waals surface area (Å²) in [4.78, 5) is 4.61. The van der Waals surface area contributed by atoms with Crippen molar-refractivity contribution < 1.29 is 0 Å². The number of hydrogen-bond acceptors (Lipinski definition) is 1. The van der Waals surface area contributed by atoms with Gasteiger partial charge < -0.3 is 4.57 Å². The van der Waals surface area contributed by atoms with Crippen LogP contribution in [0.4, 0.5) is 0 Å². The first-order valence-electron chi connectivity index (χ1n) is 14.7. The summed E-state index contributed by atoms with van der Waals surface area (Å²) in [6.45, 7) is 2.33. The van der Waals surface area contributed by atoms with E-state index in [1.165, 1.54) is 66.5 Å². The third kappa shape index (κ3) is 3.99. The van der Waals surface area contributed by atoms with E-state index in [0.29, 0.717) is 0 Å². The van der Waals surface area contributed by atoms with Crippen LogP contribution in [0.5, 0.6) is 0 Å². The van der Waals surface area contributed by atoms with Crippen LogP contribution in [0.25, 0.3) is 56.3 Å². The summed E-state index contributed by atoms with van der Waals surface area (Å²) in [6, 6.07) is 37.1. The molecule has 6 aromatic rings. The van der Waals surface area contributed by atoms with Gasteiger partial charge in [-0.3, -0.25) is 4.98 Å². The predicted octanol–water partition coefficient (Wildman–Crippen LogP) is 10.4. The van der Waals surface area contributed by atoms with Crippen molar-refractivity contribution in [1.29, 1.82) is 0 Å². The average molecular weight is 539 g/mol. The van der Waals surface area contributed by atoms with Crippen LogP contribution in [-0.2, 0) is 0 Å². The van der Waals surface area contributed by atoms with Crippen molar-refractivity contribution in [2.45, 2.75) is 19.3 Å². The molecule has 2 nitrogen and oxygen atoms in total. The monoisotopic (exact) mass is 538 g/mol. The lowest BCUT2D eigenvalue weighted by Gasteiger charge is -2.26. The van der Waals surface area contributed by atoms with E-state index in [1.54, 1.807) is 0 Å². The molecule has 0 saturated heterocycles. The molecule has 1 atom stereocenters. The minimum Gasteiger partial charge on any atom is -0.309 e. The van der Waals surface area contributed by atoms with Gasteiger partial charge >= 0.3 is 0 Å². The number of rotatable bonds is 3. The second-order valence-electron chi connectivity index (χ2n) is 11.2. The zero-order valence-electron chi connectivity index (χ0n) is 23.5. The molecule has 1 unspecified atom stereocenters. The molecule has 0 amide bonds. The Kier molecular flexibility index (Phi) is 5.86. The molecule has 2 heteroatoms. The van der Waals surface area contributed by atoms with Gasteiger partial charge in [0.25, 0.3) is 0 Å². The summed E-state index contributed by atoms with van der Waals surface area (Å²) >= 11 is 0. The standard InChI is InChI=1S/C40H30N2/c1-27-28-19-20-29(37-16-6-7-25-41-37)10-8-11-30-22-23-33(36(24-21-28)40(27)30)31-12-9-13-32(26-31)42-38-17-4-2-14-34(38)35-15-3-5-18-39(35)42/h2-9,11-27H,10H2,1H3. The van der Waals surface area contributed by atoms with Gasteiger partial charge in [-0.05, 0) is 81.8 Å². The summed E-state index contributed by atoms with van der Waals surface area (Å²) in [6.07, 6.45) is 16.4. The topological polar surface area (TPSA) is 17.8 Å². The molecule has 42 heavy (non-hydrogen) atoms. The molecule has 200 valence electrons. The molecule has 0 aliphatic heterocycles. The van der Waals surface area contributed by atoms with Gasteiger partial charge in [-0.15, -0.1) is 0 Å². The van der Waals surface area contributed by atoms with Gasteiger partial charge in [0.15, 0.2) is 0 Å². The highest BCUT2D eigenvalue weighted by atomic mass is 15.0. The normalized spacial score (nSPS) is 16.0. The number of pyridine rings is 1. The molecule has 2 heterocycles. The van der Waals surface area contributed by atoms with Crippen LogP contribution < -0.4 is 0 Å². The van der Waals surface area contributed by atoms with Gasteiger partial charge in [0.1, 0.15) is 0 Å². The summed E-state index contributed by atoms with van der Waals surface area (Å²) in [5.74, 6) is 0.282. The Morgan fingerprint density at radius 1 is 0.714 bits per heavy atom. The second-order valence-corrected chi connectivity index (χ2v) is 11.2. The number of para-hydroxylation sites is 2. The van der Waals surface area contributed by atoms with Gasteiger partial charge in [-0.2, -0.15) is 0 Å². The Balaban J connectivity index is 1.26. The SMILES string of the molecule is CC1C2=CC=C(c3ccccn3)CC=Cc3ccc(-c4cccc(-n5c6ccccc6c6ccccc65)c4)c(c31)C=C2. The van der Waals surface area contributed by atoms with Gasteiger partial charge in [0.2, 0.25) is 0 Å². The summed E-state index contributed by atoms with van der Waals surface area (Å²) in [5, 5.41) is 2.56. The third-order valence-corrected chi connectivity index (χ3v) is 8.80. The molecular formula is C40H30N2. The highest BCUT2D eigenvalue weighted by Gasteiger charge is 2.23. The maximum Gasteiger partial charge on any atom is 0.0664 e. The molecule has 0 saturated carbocycles. The number of allylic oxidation sites excluding steroid dienone is 6. The zero-order chi connectivity index (χ0) is 28.0. The highest BCUT2D eigenvalue weighted by molar-refractivity contribution is 6.09. The number of aromatic nitrogens is 2. The van der Waals surface area contributed by atoms with Crippen molar-refractivity contribution in [1.82, 2.24) is 9.55 Å². The van der Waals surface area contributed by atoms with E-state index in [9.17, 15) is 0 Å². The quantitative estimate of drug-likeness (QED) is 0.219. The molecule has 2 bridgehead atoms. The van der Waals surface area contributed by atoms with Gasteiger partial charge in [-0.1, -0.05) is 110 Å². The summed E-state index contributed by atoms with van der Waals surface area (Å²) in [7, 11) is 0. The molecule has 0 spiro atoms. The maximum atomic E-state index is 4.61. The summed E-state index contributed by atoms with van der Waals surface area (Å²) in [5.41, 5.74) is 13.7. The summed E-state index contributed by atoms with van der Waals surface area (Å²) < 4.78 is 2.40. The van der Waals surface area contributed by atoms with Crippen LogP contribution in [-0.4, -0.2) is 9.55 Å². The van der Waals surface area contributed by atoms with Crippen molar-refractivity contribution in [2.24, 2.45) is 0 Å². The first-order valence-corrected chi connectivity index (χ1v) is 14.7. The lowest BCUT2D eigenvalue weighted by Crippen LogP contribution is -2.08. The van der Waals surface area contributed by atoms with Crippen molar-refractivity contribution >= 4 is 39.5 Å². The fourth-order valence-electron chi connectivity index (χ4n) is 6.74. The Morgan fingerprint density at radius 3 is 2.29 bits per heavy atom. The maximum absolute atomic E-state index is 4.61. The van der Waals surface area contributed by atoms with E-state index in [4.69, 9.17) is 0 Å². The van der Waals surface area contributed by atoms with E-state index in [-0.39, 0.29) is 5.92 Å². The van der Waals surface area contributed by atoms with Gasteiger partial charge in [0.05, 0.1) is 16.7 Å². The molecule has 0 fully saturated rings. The van der Waals surface area contributed by atoms with Gasteiger partial charge in [0, 0.05) is 28.6 Å². The molecule has 8 rings (SSSR count). The zero-order valence-corrected chi connectivity index (χ0v) is 23.5. The Labute approximate surface area is 246 Å². The molecular weight excluding hydrogens is 508 g/mol. The molecule has 2 aliphatic carbocycles. The third-order valence-electron chi connectivity index (χ3n) is 8.80. The molecule has 0 N–H and O–H groups in total. The number of benzene rings is 4. The lowest BCUT2D eigenvalue weighted by atomic mass is 9.78. The Bertz CT molecular complexity index is 2070. The minimum absolute atomic E-state index is 0.282. The highest BCUT2D eigenvalue weighted by Crippen LogP contribution is 2.42. The molecule has 2 aromatic heterocycles. The first kappa shape index (κ1) is 24.6. The van der Waals surface area contributed by atoms with Crippen LogP contribution in [0.1, 0.15) is 41.6 Å². The van der Waals surface area contributed by atoms with Crippen molar-refractivity contribution in [3.63, 3.8) is 0 Å². The molecule has 4 aromatic carbocycles. The van der Waals surface area contributed by atoms with Crippen LogP contribution in [0, 0.1) is 0 Å². The number of fused-ring (bicyclic) bond motifs is 4. The Hall–Kier alpha value is -5.21. The number of nitrogens with zero attached hydrogens (tertiary/aromatic N) is 2. The van der Waals surface area contributed by atoms with E-state index >= 15 is 0 Å².